The van der Waals surface area contributed by atoms with Gasteiger partial charge in [-0.15, -0.1) is 0 Å². The molecule has 1 saturated heterocycles. The normalized spacial score (nSPS) is 18.3. The maximum atomic E-state index is 12.1. The second kappa shape index (κ2) is 9.77. The molecule has 1 unspecified atom stereocenters. The lowest BCUT2D eigenvalue weighted by Crippen LogP contribution is -2.41. The first kappa shape index (κ1) is 19.7. The van der Waals surface area contributed by atoms with Gasteiger partial charge in [0.05, 0.1) is 12.2 Å². The minimum atomic E-state index is -0.0339. The van der Waals surface area contributed by atoms with Crippen LogP contribution in [-0.4, -0.2) is 77.1 Å². The lowest BCUT2D eigenvalue weighted by Gasteiger charge is -2.31. The molecule has 1 aliphatic heterocycles. The van der Waals surface area contributed by atoms with Crippen molar-refractivity contribution in [2.45, 2.75) is 39.7 Å². The molecule has 0 radical (unpaired) electrons. The van der Waals surface area contributed by atoms with Gasteiger partial charge in [0, 0.05) is 39.0 Å². The number of amides is 2. The van der Waals surface area contributed by atoms with Crippen molar-refractivity contribution in [2.75, 3.05) is 46.4 Å². The number of aromatic nitrogens is 2. The van der Waals surface area contributed by atoms with Gasteiger partial charge in [0.25, 0.3) is 0 Å². The molecule has 0 saturated carbocycles. The van der Waals surface area contributed by atoms with Crippen LogP contribution in [0.4, 0.5) is 4.79 Å². The first-order chi connectivity index (χ1) is 12.0. The minimum Gasteiger partial charge on any atom is -0.396 e. The monoisotopic (exact) mass is 351 g/mol. The SMILES string of the molecule is Cc1cc(C)n(CCN(C)C(=O)NCCCN2CCCC(CO)C2)n1. The summed E-state index contributed by atoms with van der Waals surface area (Å²) in [5.74, 6) is 0.420. The number of aliphatic hydroxyl groups is 1. The van der Waals surface area contributed by atoms with E-state index in [0.29, 0.717) is 25.6 Å². The zero-order chi connectivity index (χ0) is 18.2. The lowest BCUT2D eigenvalue weighted by molar-refractivity contribution is 0.119. The van der Waals surface area contributed by atoms with Gasteiger partial charge in [-0.2, -0.15) is 5.10 Å². The highest BCUT2D eigenvalue weighted by Gasteiger charge is 2.18. The highest BCUT2D eigenvalue weighted by atomic mass is 16.3. The summed E-state index contributed by atoms with van der Waals surface area (Å²) in [7, 11) is 1.82. The Hall–Kier alpha value is -1.60. The molecule has 0 spiro atoms. The lowest BCUT2D eigenvalue weighted by atomic mass is 9.99. The average molecular weight is 351 g/mol. The van der Waals surface area contributed by atoms with E-state index in [2.05, 4.69) is 15.3 Å². The zero-order valence-corrected chi connectivity index (χ0v) is 15.9. The number of piperidine rings is 1. The molecule has 0 aromatic carbocycles. The van der Waals surface area contributed by atoms with E-state index in [1.165, 1.54) is 0 Å². The largest absolute Gasteiger partial charge is 0.396 e. The third kappa shape index (κ3) is 6.32. The van der Waals surface area contributed by atoms with Gasteiger partial charge < -0.3 is 20.2 Å². The van der Waals surface area contributed by atoms with E-state index in [4.69, 9.17) is 0 Å². The molecule has 1 fully saturated rings. The number of rotatable bonds is 8. The van der Waals surface area contributed by atoms with E-state index in [9.17, 15) is 9.90 Å². The molecule has 142 valence electrons. The predicted molar refractivity (Wildman–Crippen MR) is 98.6 cm³/mol. The number of carbonyl (C=O) groups excluding carboxylic acids is 1. The standard InChI is InChI=1S/C18H33N5O2/c1-15-12-16(2)23(20-15)11-10-21(3)18(25)19-7-5-9-22-8-4-6-17(13-22)14-24/h12,17,24H,4-11,13-14H2,1-3H3,(H,19,25). The van der Waals surface area contributed by atoms with Crippen molar-refractivity contribution < 1.29 is 9.90 Å². The van der Waals surface area contributed by atoms with Crippen LogP contribution in [0.5, 0.6) is 0 Å². The van der Waals surface area contributed by atoms with Crippen LogP contribution in [0.2, 0.25) is 0 Å². The Balaban J connectivity index is 1.60. The molecule has 1 aromatic heterocycles. The van der Waals surface area contributed by atoms with Crippen molar-refractivity contribution in [1.29, 1.82) is 0 Å². The van der Waals surface area contributed by atoms with Crippen LogP contribution in [0.1, 0.15) is 30.7 Å². The van der Waals surface area contributed by atoms with E-state index < -0.39 is 0 Å². The fourth-order valence-corrected chi connectivity index (χ4v) is 3.38. The molecule has 25 heavy (non-hydrogen) atoms. The summed E-state index contributed by atoms with van der Waals surface area (Å²) in [4.78, 5) is 16.2. The number of aliphatic hydroxyl groups excluding tert-OH is 1. The summed E-state index contributed by atoms with van der Waals surface area (Å²) in [5.41, 5.74) is 2.12. The number of hydrogen-bond acceptors (Lipinski definition) is 4. The molecule has 2 N–H and O–H groups in total. The molecule has 0 bridgehead atoms. The van der Waals surface area contributed by atoms with Crippen molar-refractivity contribution in [3.8, 4) is 0 Å². The van der Waals surface area contributed by atoms with Crippen LogP contribution in [0.3, 0.4) is 0 Å². The molecule has 7 nitrogen and oxygen atoms in total. The van der Waals surface area contributed by atoms with Crippen molar-refractivity contribution in [3.63, 3.8) is 0 Å². The van der Waals surface area contributed by atoms with E-state index in [1.807, 2.05) is 31.6 Å². The van der Waals surface area contributed by atoms with Crippen molar-refractivity contribution in [3.05, 3.63) is 17.5 Å². The summed E-state index contributed by atoms with van der Waals surface area (Å²) in [6.07, 6.45) is 3.23. The number of nitrogens with zero attached hydrogens (tertiary/aromatic N) is 4. The Labute approximate surface area is 151 Å². The quantitative estimate of drug-likeness (QED) is 0.691. The smallest absolute Gasteiger partial charge is 0.317 e. The number of hydrogen-bond donors (Lipinski definition) is 2. The van der Waals surface area contributed by atoms with Crippen LogP contribution in [0.25, 0.3) is 0 Å². The number of likely N-dealkylation sites (N-methyl/N-ethyl adjacent to an activating group) is 1. The second-order valence-electron chi connectivity index (χ2n) is 7.15. The third-order valence-electron chi connectivity index (χ3n) is 4.89. The first-order valence-corrected chi connectivity index (χ1v) is 9.33. The fourth-order valence-electron chi connectivity index (χ4n) is 3.38. The van der Waals surface area contributed by atoms with Crippen LogP contribution in [-0.2, 0) is 6.54 Å². The van der Waals surface area contributed by atoms with Crippen LogP contribution in [0, 0.1) is 19.8 Å². The molecular formula is C18H33N5O2. The number of aryl methyl sites for hydroxylation is 2. The summed E-state index contributed by atoms with van der Waals surface area (Å²) in [6.45, 7) is 9.38. The van der Waals surface area contributed by atoms with Gasteiger partial charge in [-0.3, -0.25) is 4.68 Å². The maximum Gasteiger partial charge on any atom is 0.317 e. The number of carbonyl (C=O) groups is 1. The Morgan fingerprint density at radius 2 is 2.24 bits per heavy atom. The third-order valence-corrected chi connectivity index (χ3v) is 4.89. The van der Waals surface area contributed by atoms with Gasteiger partial charge >= 0.3 is 6.03 Å². The zero-order valence-electron chi connectivity index (χ0n) is 15.9. The molecule has 1 aliphatic rings. The summed E-state index contributed by atoms with van der Waals surface area (Å²) in [6, 6.07) is 2.01. The molecule has 1 aromatic rings. The van der Waals surface area contributed by atoms with E-state index in [1.54, 1.807) is 4.90 Å². The first-order valence-electron chi connectivity index (χ1n) is 9.33. The van der Waals surface area contributed by atoms with E-state index in [-0.39, 0.29) is 12.6 Å². The van der Waals surface area contributed by atoms with Crippen LogP contribution in [0.15, 0.2) is 6.07 Å². The van der Waals surface area contributed by atoms with E-state index in [0.717, 1.165) is 50.3 Å². The molecule has 1 atom stereocenters. The van der Waals surface area contributed by atoms with Gasteiger partial charge in [0.2, 0.25) is 0 Å². The Morgan fingerprint density at radius 1 is 1.44 bits per heavy atom. The molecular weight excluding hydrogens is 318 g/mol. The number of nitrogens with one attached hydrogen (secondary N) is 1. The molecule has 2 rings (SSSR count). The van der Waals surface area contributed by atoms with Gasteiger partial charge in [0.15, 0.2) is 0 Å². The summed E-state index contributed by atoms with van der Waals surface area (Å²) in [5, 5.41) is 16.7. The Morgan fingerprint density at radius 3 is 2.92 bits per heavy atom. The van der Waals surface area contributed by atoms with Crippen molar-refractivity contribution in [2.24, 2.45) is 5.92 Å². The number of likely N-dealkylation sites (tertiary alicyclic amines) is 1. The predicted octanol–water partition coefficient (Wildman–Crippen LogP) is 1.24. The Kier molecular flexibility index (Phi) is 7.71. The topological polar surface area (TPSA) is 73.6 Å². The molecule has 0 aliphatic carbocycles. The Bertz CT molecular complexity index is 546. The van der Waals surface area contributed by atoms with Gasteiger partial charge in [-0.1, -0.05) is 0 Å². The second-order valence-corrected chi connectivity index (χ2v) is 7.15. The summed E-state index contributed by atoms with van der Waals surface area (Å²) < 4.78 is 1.94. The molecule has 7 heteroatoms. The average Bonchev–Trinajstić information content (AvgIpc) is 2.93. The van der Waals surface area contributed by atoms with E-state index >= 15 is 0 Å². The highest BCUT2D eigenvalue weighted by molar-refractivity contribution is 5.73. The van der Waals surface area contributed by atoms with Gasteiger partial charge in [-0.05, 0) is 58.2 Å². The highest BCUT2D eigenvalue weighted by Crippen LogP contribution is 2.15. The molecule has 2 heterocycles. The van der Waals surface area contributed by atoms with Crippen LogP contribution < -0.4 is 5.32 Å². The fraction of sp³-hybridized carbons (Fsp3) is 0.778. The van der Waals surface area contributed by atoms with Crippen LogP contribution >= 0.6 is 0 Å². The minimum absolute atomic E-state index is 0.0339. The molecule has 2 amide bonds. The van der Waals surface area contributed by atoms with Crippen molar-refractivity contribution in [1.82, 2.24) is 24.9 Å². The number of urea groups is 1. The maximum absolute atomic E-state index is 12.1. The van der Waals surface area contributed by atoms with Gasteiger partial charge in [0.1, 0.15) is 0 Å². The van der Waals surface area contributed by atoms with Gasteiger partial charge in [-0.25, -0.2) is 4.79 Å². The summed E-state index contributed by atoms with van der Waals surface area (Å²) >= 11 is 0. The van der Waals surface area contributed by atoms with Crippen molar-refractivity contribution >= 4 is 6.03 Å².